The smallest absolute Gasteiger partial charge is 0.230 e. The van der Waals surface area contributed by atoms with Crippen LogP contribution in [-0.4, -0.2) is 33.1 Å². The summed E-state index contributed by atoms with van der Waals surface area (Å²) in [6, 6.07) is 11.7. The molecule has 0 saturated carbocycles. The molecule has 7 nitrogen and oxygen atoms in total. The van der Waals surface area contributed by atoms with Crippen molar-refractivity contribution in [1.82, 2.24) is 20.2 Å². The van der Waals surface area contributed by atoms with Gasteiger partial charge in [-0.15, -0.1) is 10.2 Å². The van der Waals surface area contributed by atoms with Crippen molar-refractivity contribution in [3.63, 3.8) is 0 Å². The van der Waals surface area contributed by atoms with Crippen molar-refractivity contribution < 1.29 is 9.21 Å². The van der Waals surface area contributed by atoms with E-state index in [0.717, 1.165) is 6.42 Å². The number of aromatic nitrogens is 3. The Kier molecular flexibility index (Phi) is 5.39. The molecule has 0 bridgehead atoms. The SMILES string of the molecule is Cc1ccccc1CCNC(=O)CSc1nnc(-c2ccco2)n1N. The summed E-state index contributed by atoms with van der Waals surface area (Å²) in [6.07, 6.45) is 2.34. The highest BCUT2D eigenvalue weighted by Gasteiger charge is 2.15. The van der Waals surface area contributed by atoms with Crippen LogP contribution in [0, 0.1) is 6.92 Å². The summed E-state index contributed by atoms with van der Waals surface area (Å²) in [7, 11) is 0. The molecular weight excluding hydrogens is 338 g/mol. The Morgan fingerprint density at radius 2 is 2.12 bits per heavy atom. The number of nitrogens with two attached hydrogens (primary N) is 1. The average Bonchev–Trinajstić information content (AvgIpc) is 3.24. The van der Waals surface area contributed by atoms with Gasteiger partial charge in [-0.25, -0.2) is 4.68 Å². The highest BCUT2D eigenvalue weighted by atomic mass is 32.2. The lowest BCUT2D eigenvalue weighted by molar-refractivity contribution is -0.118. The third-order valence-electron chi connectivity index (χ3n) is 3.72. The first-order chi connectivity index (χ1) is 12.1. The molecule has 2 aromatic heterocycles. The van der Waals surface area contributed by atoms with Crippen molar-refractivity contribution in [3.05, 3.63) is 53.8 Å². The highest BCUT2D eigenvalue weighted by molar-refractivity contribution is 7.99. The molecule has 0 radical (unpaired) electrons. The van der Waals surface area contributed by atoms with E-state index in [-0.39, 0.29) is 11.7 Å². The molecule has 0 aliphatic carbocycles. The van der Waals surface area contributed by atoms with Crippen molar-refractivity contribution >= 4 is 17.7 Å². The molecule has 3 aromatic rings. The summed E-state index contributed by atoms with van der Waals surface area (Å²) in [4.78, 5) is 12.0. The number of nitrogens with one attached hydrogen (secondary N) is 1. The Balaban J connectivity index is 1.47. The molecule has 0 fully saturated rings. The van der Waals surface area contributed by atoms with Gasteiger partial charge in [-0.2, -0.15) is 0 Å². The second-order valence-corrected chi connectivity index (χ2v) is 6.41. The zero-order chi connectivity index (χ0) is 17.6. The van der Waals surface area contributed by atoms with E-state index in [1.165, 1.54) is 27.6 Å². The zero-order valence-electron chi connectivity index (χ0n) is 13.8. The van der Waals surface area contributed by atoms with E-state index in [4.69, 9.17) is 10.3 Å². The minimum atomic E-state index is -0.0684. The molecule has 0 aliphatic rings. The molecular formula is C17H19N5O2S. The van der Waals surface area contributed by atoms with Gasteiger partial charge in [-0.3, -0.25) is 4.79 Å². The first-order valence-corrected chi connectivity index (χ1v) is 8.82. The lowest BCUT2D eigenvalue weighted by atomic mass is 10.1. The number of nitrogens with zero attached hydrogens (tertiary/aromatic N) is 3. The third kappa shape index (κ3) is 4.21. The maximum atomic E-state index is 12.0. The molecule has 25 heavy (non-hydrogen) atoms. The summed E-state index contributed by atoms with van der Waals surface area (Å²) >= 11 is 1.23. The number of thioether (sulfide) groups is 1. The van der Waals surface area contributed by atoms with Crippen LogP contribution in [0.4, 0.5) is 0 Å². The minimum absolute atomic E-state index is 0.0684. The van der Waals surface area contributed by atoms with Gasteiger partial charge in [0.2, 0.25) is 16.9 Å². The summed E-state index contributed by atoms with van der Waals surface area (Å²) in [5.74, 6) is 7.06. The lowest BCUT2D eigenvalue weighted by Crippen LogP contribution is -2.27. The first-order valence-electron chi connectivity index (χ1n) is 7.83. The van der Waals surface area contributed by atoms with Crippen LogP contribution in [0.2, 0.25) is 0 Å². The van der Waals surface area contributed by atoms with Crippen molar-refractivity contribution in [3.8, 4) is 11.6 Å². The lowest BCUT2D eigenvalue weighted by Gasteiger charge is -2.07. The molecule has 3 rings (SSSR count). The zero-order valence-corrected chi connectivity index (χ0v) is 14.6. The number of hydrogen-bond donors (Lipinski definition) is 2. The van der Waals surface area contributed by atoms with Gasteiger partial charge in [-0.05, 0) is 36.6 Å². The fourth-order valence-electron chi connectivity index (χ4n) is 2.36. The van der Waals surface area contributed by atoms with Crippen molar-refractivity contribution in [2.24, 2.45) is 0 Å². The largest absolute Gasteiger partial charge is 0.461 e. The van der Waals surface area contributed by atoms with Crippen LogP contribution >= 0.6 is 11.8 Å². The quantitative estimate of drug-likeness (QED) is 0.496. The number of furan rings is 1. The predicted octanol–water partition coefficient (Wildman–Crippen LogP) is 2.01. The Labute approximate surface area is 149 Å². The number of benzene rings is 1. The monoisotopic (exact) mass is 357 g/mol. The Morgan fingerprint density at radius 3 is 2.88 bits per heavy atom. The van der Waals surface area contributed by atoms with Gasteiger partial charge in [-0.1, -0.05) is 36.0 Å². The van der Waals surface area contributed by atoms with Gasteiger partial charge in [0.05, 0.1) is 12.0 Å². The highest BCUT2D eigenvalue weighted by Crippen LogP contribution is 2.21. The topological polar surface area (TPSA) is 99.0 Å². The second-order valence-electron chi connectivity index (χ2n) is 5.47. The van der Waals surface area contributed by atoms with Crippen molar-refractivity contribution in [2.75, 3.05) is 18.1 Å². The van der Waals surface area contributed by atoms with Crippen LogP contribution in [0.1, 0.15) is 11.1 Å². The molecule has 1 aromatic carbocycles. The number of hydrogen-bond acceptors (Lipinski definition) is 6. The number of carbonyl (C=O) groups is 1. The third-order valence-corrected chi connectivity index (χ3v) is 4.66. The van der Waals surface area contributed by atoms with Gasteiger partial charge in [0, 0.05) is 6.54 Å². The van der Waals surface area contributed by atoms with E-state index >= 15 is 0 Å². The number of rotatable bonds is 7. The van der Waals surface area contributed by atoms with E-state index in [1.807, 2.05) is 12.1 Å². The van der Waals surface area contributed by atoms with Gasteiger partial charge >= 0.3 is 0 Å². The number of amides is 1. The fourth-order valence-corrected chi connectivity index (χ4v) is 3.04. The maximum absolute atomic E-state index is 12.0. The van der Waals surface area contributed by atoms with E-state index in [1.54, 1.807) is 18.4 Å². The van der Waals surface area contributed by atoms with Crippen LogP contribution < -0.4 is 11.2 Å². The summed E-state index contributed by atoms with van der Waals surface area (Å²) in [5, 5.41) is 11.3. The van der Waals surface area contributed by atoms with Crippen molar-refractivity contribution in [2.45, 2.75) is 18.5 Å². The van der Waals surface area contributed by atoms with Crippen LogP contribution in [0.3, 0.4) is 0 Å². The maximum Gasteiger partial charge on any atom is 0.230 e. The number of aryl methyl sites for hydroxylation is 1. The molecule has 0 saturated heterocycles. The predicted molar refractivity (Wildman–Crippen MR) is 96.5 cm³/mol. The van der Waals surface area contributed by atoms with Crippen LogP contribution in [0.15, 0.2) is 52.2 Å². The van der Waals surface area contributed by atoms with E-state index < -0.39 is 0 Å². The van der Waals surface area contributed by atoms with Crippen LogP contribution in [0.5, 0.6) is 0 Å². The molecule has 0 atom stereocenters. The van der Waals surface area contributed by atoms with Gasteiger partial charge in [0.25, 0.3) is 0 Å². The average molecular weight is 357 g/mol. The summed E-state index contributed by atoms with van der Waals surface area (Å²) in [6.45, 7) is 2.66. The Morgan fingerprint density at radius 1 is 1.28 bits per heavy atom. The number of carbonyl (C=O) groups excluding carboxylic acids is 1. The first kappa shape index (κ1) is 17.1. The van der Waals surface area contributed by atoms with Gasteiger partial charge in [0.15, 0.2) is 5.76 Å². The summed E-state index contributed by atoms with van der Waals surface area (Å²) < 4.78 is 6.58. The molecule has 3 N–H and O–H groups in total. The minimum Gasteiger partial charge on any atom is -0.461 e. The van der Waals surface area contributed by atoms with E-state index in [0.29, 0.717) is 23.3 Å². The number of nitrogen functional groups attached to an aromatic ring is 1. The van der Waals surface area contributed by atoms with Crippen LogP contribution in [-0.2, 0) is 11.2 Å². The Bertz CT molecular complexity index is 845. The molecule has 130 valence electrons. The molecule has 0 spiro atoms. The molecule has 2 heterocycles. The van der Waals surface area contributed by atoms with Crippen molar-refractivity contribution in [1.29, 1.82) is 0 Å². The fraction of sp³-hybridized carbons (Fsp3) is 0.235. The van der Waals surface area contributed by atoms with Crippen LogP contribution in [0.25, 0.3) is 11.6 Å². The van der Waals surface area contributed by atoms with Gasteiger partial charge < -0.3 is 15.6 Å². The van der Waals surface area contributed by atoms with E-state index in [9.17, 15) is 4.79 Å². The molecule has 1 amide bonds. The molecule has 8 heteroatoms. The Hall–Kier alpha value is -2.74. The molecule has 0 unspecified atom stereocenters. The normalized spacial score (nSPS) is 10.8. The summed E-state index contributed by atoms with van der Waals surface area (Å²) in [5.41, 5.74) is 2.47. The van der Waals surface area contributed by atoms with Gasteiger partial charge in [0.1, 0.15) is 0 Å². The standard InChI is InChI=1S/C17H19N5O2S/c1-12-5-2-3-6-13(12)8-9-19-15(23)11-25-17-21-20-16(22(17)18)14-7-4-10-24-14/h2-7,10H,8-9,11,18H2,1H3,(H,19,23). The van der Waals surface area contributed by atoms with E-state index in [2.05, 4.69) is 34.6 Å². The second kappa shape index (κ2) is 7.89. The molecule has 0 aliphatic heterocycles.